The predicted octanol–water partition coefficient (Wildman–Crippen LogP) is 3.31. The van der Waals surface area contributed by atoms with Crippen molar-refractivity contribution in [1.29, 1.82) is 0 Å². The highest BCUT2D eigenvalue weighted by molar-refractivity contribution is 9.11. The van der Waals surface area contributed by atoms with Crippen LogP contribution in [0.25, 0.3) is 0 Å². The number of furan rings is 1. The molecule has 2 aromatic rings. The van der Waals surface area contributed by atoms with E-state index in [1.165, 1.54) is 6.07 Å². The number of nitro groups is 1. The van der Waals surface area contributed by atoms with Crippen molar-refractivity contribution in [3.8, 4) is 5.75 Å². The van der Waals surface area contributed by atoms with Crippen LogP contribution in [0, 0.1) is 10.1 Å². The molecule has 1 aromatic carbocycles. The van der Waals surface area contributed by atoms with Crippen LogP contribution in [0.4, 0.5) is 5.88 Å². The molecule has 0 unspecified atom stereocenters. The van der Waals surface area contributed by atoms with E-state index in [-0.39, 0.29) is 22.9 Å². The van der Waals surface area contributed by atoms with E-state index in [1.54, 1.807) is 6.07 Å². The molecule has 0 saturated carbocycles. The van der Waals surface area contributed by atoms with Gasteiger partial charge in [0.2, 0.25) is 0 Å². The van der Waals surface area contributed by atoms with Crippen LogP contribution in [0.5, 0.6) is 5.75 Å². The number of nitrogens with zero attached hydrogens (tertiary/aromatic N) is 2. The second-order valence-electron chi connectivity index (χ2n) is 6.92. The van der Waals surface area contributed by atoms with Gasteiger partial charge in [0, 0.05) is 4.47 Å². The Morgan fingerprint density at radius 1 is 1.11 bits per heavy atom. The third-order valence-electron chi connectivity index (χ3n) is 4.03. The minimum atomic E-state index is -0.508. The van der Waals surface area contributed by atoms with Gasteiger partial charge in [0.25, 0.3) is 0 Å². The van der Waals surface area contributed by atoms with Gasteiger partial charge < -0.3 is 30.6 Å². The second kappa shape index (κ2) is 11.7. The molecule has 0 aliphatic rings. The number of hydrogen-bond donors (Lipinski definition) is 0. The maximum Gasteiger partial charge on any atom is 0.433 e. The third-order valence-corrected chi connectivity index (χ3v) is 5.66. The van der Waals surface area contributed by atoms with Crippen LogP contribution in [-0.4, -0.2) is 36.7 Å². The van der Waals surface area contributed by atoms with Crippen molar-refractivity contribution in [2.75, 3.05) is 27.2 Å². The Morgan fingerprint density at radius 3 is 2.32 bits per heavy atom. The fourth-order valence-corrected chi connectivity index (χ4v) is 5.20. The summed E-state index contributed by atoms with van der Waals surface area (Å²) in [6, 6.07) is 7.00. The Labute approximate surface area is 200 Å². The van der Waals surface area contributed by atoms with Gasteiger partial charge in [-0.2, -0.15) is 0 Å². The van der Waals surface area contributed by atoms with E-state index in [0.717, 1.165) is 49.5 Å². The van der Waals surface area contributed by atoms with Crippen LogP contribution in [0.3, 0.4) is 0 Å². The molecule has 0 amide bonds. The molecule has 0 fully saturated rings. The molecule has 6 nitrogen and oxygen atoms in total. The van der Waals surface area contributed by atoms with Crippen LogP contribution in [0.15, 0.2) is 42.1 Å². The van der Waals surface area contributed by atoms with Gasteiger partial charge in [-0.1, -0.05) is 15.9 Å². The molecule has 1 heterocycles. The molecule has 28 heavy (non-hydrogen) atoms. The summed E-state index contributed by atoms with van der Waals surface area (Å²) in [5.74, 6) is 1.25. The standard InChI is InChI=1S/C18H22Br3N2O4.BrH/c1-23(2,12-14-6-7-17(27-14)22(24)25)8-4-3-5-9-26-18-15(20)10-13(19)11-16(18)21;/h6-7,10-11H,3-5,8-9,12H2,1-2H3;1H/q+1;/p-1. The molecular weight excluding hydrogens is 628 g/mol. The number of unbranched alkanes of at least 4 members (excludes halogenated alkanes) is 2. The predicted molar refractivity (Wildman–Crippen MR) is 115 cm³/mol. The molecule has 156 valence electrons. The first kappa shape index (κ1) is 25.6. The first-order valence-electron chi connectivity index (χ1n) is 8.50. The Morgan fingerprint density at radius 2 is 1.75 bits per heavy atom. The minimum absolute atomic E-state index is 0. The Bertz CT molecular complexity index is 773. The molecule has 0 aliphatic carbocycles. The first-order valence-corrected chi connectivity index (χ1v) is 10.9. The summed E-state index contributed by atoms with van der Waals surface area (Å²) in [6.07, 6.45) is 3.05. The molecule has 0 radical (unpaired) electrons. The molecule has 2 rings (SSSR count). The first-order chi connectivity index (χ1) is 12.7. The highest BCUT2D eigenvalue weighted by Crippen LogP contribution is 2.36. The van der Waals surface area contributed by atoms with Crippen molar-refractivity contribution in [3.63, 3.8) is 0 Å². The topological polar surface area (TPSA) is 65.5 Å². The zero-order valence-electron chi connectivity index (χ0n) is 15.6. The number of halogens is 4. The Hall–Kier alpha value is -0.420. The average Bonchev–Trinajstić information content (AvgIpc) is 3.00. The lowest BCUT2D eigenvalue weighted by Gasteiger charge is -2.28. The molecular formula is C18H22Br4N2O4. The quantitative estimate of drug-likeness (QED) is 0.172. The number of benzene rings is 1. The Balaban J connectivity index is 0.00000392. The van der Waals surface area contributed by atoms with Gasteiger partial charge in [-0.15, -0.1) is 0 Å². The lowest BCUT2D eigenvalue weighted by atomic mass is 10.2. The number of quaternary nitrogens is 1. The summed E-state index contributed by atoms with van der Waals surface area (Å²) in [5, 5.41) is 10.7. The van der Waals surface area contributed by atoms with Crippen LogP contribution < -0.4 is 21.7 Å². The van der Waals surface area contributed by atoms with Crippen LogP contribution in [0.1, 0.15) is 25.0 Å². The summed E-state index contributed by atoms with van der Waals surface area (Å²) < 4.78 is 14.7. The van der Waals surface area contributed by atoms with Crippen molar-refractivity contribution in [3.05, 3.63) is 53.6 Å². The van der Waals surface area contributed by atoms with E-state index >= 15 is 0 Å². The van der Waals surface area contributed by atoms with Gasteiger partial charge in [-0.05, 0) is 69.3 Å². The van der Waals surface area contributed by atoms with E-state index in [1.807, 2.05) is 12.1 Å². The highest BCUT2D eigenvalue weighted by atomic mass is 79.9. The van der Waals surface area contributed by atoms with E-state index < -0.39 is 4.92 Å². The lowest BCUT2D eigenvalue weighted by molar-refractivity contribution is -0.904. The lowest BCUT2D eigenvalue weighted by Crippen LogP contribution is -3.00. The summed E-state index contributed by atoms with van der Waals surface area (Å²) in [7, 11) is 4.20. The fraction of sp³-hybridized carbons (Fsp3) is 0.444. The van der Waals surface area contributed by atoms with Crippen LogP contribution in [0.2, 0.25) is 0 Å². The Kier molecular flexibility index (Phi) is 10.7. The van der Waals surface area contributed by atoms with Crippen molar-refractivity contribution >= 4 is 53.7 Å². The van der Waals surface area contributed by atoms with Crippen LogP contribution >= 0.6 is 47.8 Å². The largest absolute Gasteiger partial charge is 1.00 e. The molecule has 1 aromatic heterocycles. The average molecular weight is 650 g/mol. The molecule has 0 bridgehead atoms. The van der Waals surface area contributed by atoms with E-state index in [2.05, 4.69) is 61.9 Å². The monoisotopic (exact) mass is 646 g/mol. The van der Waals surface area contributed by atoms with E-state index in [4.69, 9.17) is 9.15 Å². The smallest absolute Gasteiger partial charge is 0.433 e. The number of rotatable bonds is 10. The number of ether oxygens (including phenoxy) is 1. The minimum Gasteiger partial charge on any atom is -1.00 e. The fourth-order valence-electron chi connectivity index (χ4n) is 2.71. The summed E-state index contributed by atoms with van der Waals surface area (Å²) in [4.78, 5) is 10.2. The molecule has 0 aliphatic heterocycles. The van der Waals surface area contributed by atoms with Gasteiger partial charge in [-0.25, -0.2) is 0 Å². The molecule has 10 heteroatoms. The van der Waals surface area contributed by atoms with E-state index in [0.29, 0.717) is 18.9 Å². The third kappa shape index (κ3) is 8.14. The molecule has 0 atom stereocenters. The molecule has 0 spiro atoms. The second-order valence-corrected chi connectivity index (χ2v) is 9.55. The maximum absolute atomic E-state index is 10.7. The van der Waals surface area contributed by atoms with Gasteiger partial charge in [0.1, 0.15) is 17.2 Å². The summed E-state index contributed by atoms with van der Waals surface area (Å²) in [5.41, 5.74) is 0. The normalized spacial score (nSPS) is 11.2. The van der Waals surface area contributed by atoms with Crippen molar-refractivity contribution in [2.24, 2.45) is 0 Å². The zero-order chi connectivity index (χ0) is 20.0. The molecule has 0 saturated heterocycles. The maximum atomic E-state index is 10.7. The molecule has 0 N–H and O–H groups in total. The number of hydrogen-bond acceptors (Lipinski definition) is 4. The van der Waals surface area contributed by atoms with Crippen molar-refractivity contribution in [2.45, 2.75) is 25.8 Å². The zero-order valence-corrected chi connectivity index (χ0v) is 21.9. The summed E-state index contributed by atoms with van der Waals surface area (Å²) >= 11 is 10.5. The van der Waals surface area contributed by atoms with E-state index in [9.17, 15) is 10.1 Å². The van der Waals surface area contributed by atoms with Crippen molar-refractivity contribution < 1.29 is 35.5 Å². The van der Waals surface area contributed by atoms with Gasteiger partial charge in [0.15, 0.2) is 5.76 Å². The SMILES string of the molecule is C[N+](C)(CCCCCOc1c(Br)cc(Br)cc1Br)Cc1ccc([N+](=O)[O-])o1.[Br-]. The van der Waals surface area contributed by atoms with Crippen LogP contribution in [-0.2, 0) is 6.54 Å². The summed E-state index contributed by atoms with van der Waals surface area (Å²) in [6.45, 7) is 2.24. The van der Waals surface area contributed by atoms with Gasteiger partial charge >= 0.3 is 5.88 Å². The van der Waals surface area contributed by atoms with Gasteiger partial charge in [0.05, 0.1) is 42.3 Å². The van der Waals surface area contributed by atoms with Crippen molar-refractivity contribution in [1.82, 2.24) is 0 Å². The highest BCUT2D eigenvalue weighted by Gasteiger charge is 2.20. The van der Waals surface area contributed by atoms with Gasteiger partial charge in [-0.3, -0.25) is 10.1 Å².